The molecule has 1 aliphatic rings. The lowest BCUT2D eigenvalue weighted by molar-refractivity contribution is -0.116. The molecule has 0 spiro atoms. The van der Waals surface area contributed by atoms with E-state index < -0.39 is 0 Å². The number of hydrogen-bond acceptors (Lipinski definition) is 6. The minimum Gasteiger partial charge on any atom is -0.497 e. The highest BCUT2D eigenvalue weighted by atomic mass is 79.9. The van der Waals surface area contributed by atoms with Gasteiger partial charge in [0.2, 0.25) is 5.91 Å². The van der Waals surface area contributed by atoms with E-state index >= 15 is 0 Å². The molecule has 0 radical (unpaired) electrons. The Kier molecular flexibility index (Phi) is 5.18. The van der Waals surface area contributed by atoms with Crippen LogP contribution in [0.25, 0.3) is 17.2 Å². The van der Waals surface area contributed by atoms with Gasteiger partial charge in [-0.1, -0.05) is 28.1 Å². The Morgan fingerprint density at radius 1 is 1.12 bits per heavy atom. The van der Waals surface area contributed by atoms with E-state index in [1.54, 1.807) is 18.0 Å². The maximum Gasteiger partial charge on any atom is 0.272 e. The SMILES string of the molecule is COc1ccc(-c2cnnc(-n3nc(C)c4c3NC(=O)CC4c3ccc(Br)cc3)n2)cc1. The number of methoxy groups -OCH3 is 1. The molecule has 1 amide bonds. The van der Waals surface area contributed by atoms with Crippen molar-refractivity contribution < 1.29 is 9.53 Å². The summed E-state index contributed by atoms with van der Waals surface area (Å²) in [4.78, 5) is 17.2. The molecule has 9 heteroatoms. The number of halogens is 1. The van der Waals surface area contributed by atoms with Crippen LogP contribution in [0.5, 0.6) is 5.75 Å². The minimum atomic E-state index is -0.0988. The van der Waals surface area contributed by atoms with Crippen molar-refractivity contribution in [1.29, 1.82) is 0 Å². The Balaban J connectivity index is 1.58. The van der Waals surface area contributed by atoms with E-state index in [9.17, 15) is 4.79 Å². The number of carbonyl (C=O) groups is 1. The largest absolute Gasteiger partial charge is 0.497 e. The number of carbonyl (C=O) groups excluding carboxylic acids is 1. The van der Waals surface area contributed by atoms with E-state index in [1.807, 2.05) is 55.5 Å². The number of aryl methyl sites for hydroxylation is 1. The fraction of sp³-hybridized carbons (Fsp3) is 0.174. The molecule has 2 aromatic heterocycles. The van der Waals surface area contributed by atoms with Gasteiger partial charge in [0, 0.05) is 27.9 Å². The second-order valence-electron chi connectivity index (χ2n) is 7.49. The van der Waals surface area contributed by atoms with Gasteiger partial charge in [-0.15, -0.1) is 5.10 Å². The molecule has 1 unspecified atom stereocenters. The monoisotopic (exact) mass is 490 g/mol. The standard InChI is InChI=1S/C23H19BrN6O2/c1-13-21-18(14-3-7-16(24)8-4-14)11-20(31)27-22(21)30(29-13)23-26-19(12-25-28-23)15-5-9-17(32-2)10-6-15/h3-10,12,18H,11H2,1-2H3,(H,27,31). The first-order valence-corrected chi connectivity index (χ1v) is 10.8. The summed E-state index contributed by atoms with van der Waals surface area (Å²) in [6.45, 7) is 1.93. The van der Waals surface area contributed by atoms with E-state index in [1.165, 1.54) is 0 Å². The molecule has 5 rings (SSSR count). The summed E-state index contributed by atoms with van der Waals surface area (Å²) in [6.07, 6.45) is 1.95. The lowest BCUT2D eigenvalue weighted by Crippen LogP contribution is -2.25. The van der Waals surface area contributed by atoms with Crippen molar-refractivity contribution in [2.75, 3.05) is 12.4 Å². The van der Waals surface area contributed by atoms with Gasteiger partial charge in [-0.2, -0.15) is 14.9 Å². The van der Waals surface area contributed by atoms with Crippen LogP contribution >= 0.6 is 15.9 Å². The van der Waals surface area contributed by atoms with Crippen molar-refractivity contribution in [3.05, 3.63) is 76.0 Å². The van der Waals surface area contributed by atoms with Gasteiger partial charge in [-0.25, -0.2) is 4.98 Å². The average molecular weight is 491 g/mol. The summed E-state index contributed by atoms with van der Waals surface area (Å²) in [5.41, 5.74) is 4.34. The Morgan fingerprint density at radius 2 is 1.88 bits per heavy atom. The van der Waals surface area contributed by atoms with Gasteiger partial charge in [0.05, 0.1) is 24.7 Å². The van der Waals surface area contributed by atoms with Gasteiger partial charge in [0.15, 0.2) is 0 Å². The van der Waals surface area contributed by atoms with Gasteiger partial charge < -0.3 is 10.1 Å². The molecule has 8 nitrogen and oxygen atoms in total. The van der Waals surface area contributed by atoms with E-state index in [0.717, 1.165) is 32.6 Å². The predicted molar refractivity (Wildman–Crippen MR) is 123 cm³/mol. The maximum atomic E-state index is 12.6. The fourth-order valence-electron chi connectivity index (χ4n) is 3.96. The number of anilines is 1. The van der Waals surface area contributed by atoms with Crippen LogP contribution in [0.3, 0.4) is 0 Å². The summed E-state index contributed by atoms with van der Waals surface area (Å²) < 4.78 is 7.77. The normalized spacial score (nSPS) is 15.2. The summed E-state index contributed by atoms with van der Waals surface area (Å²) in [5.74, 6) is 1.46. The van der Waals surface area contributed by atoms with Crippen LogP contribution in [0, 0.1) is 6.92 Å². The summed E-state index contributed by atoms with van der Waals surface area (Å²) >= 11 is 3.47. The molecule has 2 aromatic carbocycles. The van der Waals surface area contributed by atoms with E-state index in [4.69, 9.17) is 4.74 Å². The minimum absolute atomic E-state index is 0.0779. The summed E-state index contributed by atoms with van der Waals surface area (Å²) in [6, 6.07) is 15.5. The zero-order chi connectivity index (χ0) is 22.2. The van der Waals surface area contributed by atoms with E-state index in [-0.39, 0.29) is 11.8 Å². The van der Waals surface area contributed by atoms with Crippen molar-refractivity contribution in [2.45, 2.75) is 19.3 Å². The first-order valence-electron chi connectivity index (χ1n) is 10.0. The Morgan fingerprint density at radius 3 is 2.59 bits per heavy atom. The molecule has 1 N–H and O–H groups in total. The Hall–Kier alpha value is -3.59. The van der Waals surface area contributed by atoms with Crippen molar-refractivity contribution in [1.82, 2.24) is 25.0 Å². The quantitative estimate of drug-likeness (QED) is 0.458. The molecule has 0 fully saturated rings. The Bertz CT molecular complexity index is 1300. The topological polar surface area (TPSA) is 94.8 Å². The highest BCUT2D eigenvalue weighted by Crippen LogP contribution is 2.40. The zero-order valence-corrected chi connectivity index (χ0v) is 19.0. The second kappa shape index (κ2) is 8.16. The molecule has 0 aliphatic carbocycles. The number of fused-ring (bicyclic) bond motifs is 1. The van der Waals surface area contributed by atoms with Gasteiger partial charge in [0.1, 0.15) is 11.6 Å². The number of ether oxygens (including phenoxy) is 1. The molecule has 32 heavy (non-hydrogen) atoms. The van der Waals surface area contributed by atoms with Crippen LogP contribution in [0.4, 0.5) is 5.82 Å². The number of nitrogens with zero attached hydrogens (tertiary/aromatic N) is 5. The van der Waals surface area contributed by atoms with Crippen molar-refractivity contribution >= 4 is 27.7 Å². The molecule has 4 aromatic rings. The molecule has 0 bridgehead atoms. The fourth-order valence-corrected chi connectivity index (χ4v) is 4.22. The van der Waals surface area contributed by atoms with Crippen molar-refractivity contribution in [3.63, 3.8) is 0 Å². The lowest BCUT2D eigenvalue weighted by Gasteiger charge is -2.24. The molecule has 0 saturated heterocycles. The Labute approximate surface area is 192 Å². The number of amides is 1. The molecule has 3 heterocycles. The number of benzene rings is 2. The first kappa shape index (κ1) is 20.3. The van der Waals surface area contributed by atoms with Crippen LogP contribution < -0.4 is 10.1 Å². The molecule has 1 aliphatic heterocycles. The molecule has 160 valence electrons. The van der Waals surface area contributed by atoms with Crippen molar-refractivity contribution in [2.24, 2.45) is 0 Å². The maximum absolute atomic E-state index is 12.6. The third kappa shape index (κ3) is 3.64. The predicted octanol–water partition coefficient (Wildman–Crippen LogP) is 4.28. The van der Waals surface area contributed by atoms with Crippen LogP contribution in [-0.2, 0) is 4.79 Å². The molecular formula is C23H19BrN6O2. The smallest absolute Gasteiger partial charge is 0.272 e. The van der Waals surface area contributed by atoms with Gasteiger partial charge in [-0.05, 0) is 48.9 Å². The highest BCUT2D eigenvalue weighted by Gasteiger charge is 2.33. The van der Waals surface area contributed by atoms with Crippen LogP contribution in [0.15, 0.2) is 59.2 Å². The number of nitrogens with one attached hydrogen (secondary N) is 1. The third-order valence-corrected chi connectivity index (χ3v) is 6.03. The van der Waals surface area contributed by atoms with Gasteiger partial charge in [-0.3, -0.25) is 4.79 Å². The van der Waals surface area contributed by atoms with Crippen LogP contribution in [0.2, 0.25) is 0 Å². The summed E-state index contributed by atoms with van der Waals surface area (Å²) in [7, 11) is 1.62. The van der Waals surface area contributed by atoms with Crippen LogP contribution in [0.1, 0.15) is 29.2 Å². The van der Waals surface area contributed by atoms with E-state index in [2.05, 4.69) is 41.5 Å². The van der Waals surface area contributed by atoms with Gasteiger partial charge in [0.25, 0.3) is 5.95 Å². The summed E-state index contributed by atoms with van der Waals surface area (Å²) in [5, 5.41) is 15.9. The van der Waals surface area contributed by atoms with Crippen molar-refractivity contribution in [3.8, 4) is 23.0 Å². The number of aromatic nitrogens is 5. The zero-order valence-electron chi connectivity index (χ0n) is 17.4. The molecule has 1 atom stereocenters. The third-order valence-electron chi connectivity index (χ3n) is 5.50. The first-order chi connectivity index (χ1) is 15.5. The second-order valence-corrected chi connectivity index (χ2v) is 8.40. The average Bonchev–Trinajstić information content (AvgIpc) is 3.15. The molecule has 0 saturated carbocycles. The molecular weight excluding hydrogens is 472 g/mol. The van der Waals surface area contributed by atoms with Gasteiger partial charge >= 0.3 is 0 Å². The number of hydrogen-bond donors (Lipinski definition) is 1. The van der Waals surface area contributed by atoms with E-state index in [0.29, 0.717) is 23.9 Å². The number of rotatable bonds is 4. The van der Waals surface area contributed by atoms with Crippen LogP contribution in [-0.4, -0.2) is 38.0 Å². The lowest BCUT2D eigenvalue weighted by atomic mass is 9.86. The highest BCUT2D eigenvalue weighted by molar-refractivity contribution is 9.10.